The van der Waals surface area contributed by atoms with E-state index in [9.17, 15) is 19.2 Å². The van der Waals surface area contributed by atoms with E-state index in [-0.39, 0.29) is 27.0 Å². The smallest absolute Gasteiger partial charge is 0.266 e. The minimum atomic E-state index is -0.685. The van der Waals surface area contributed by atoms with Crippen molar-refractivity contribution in [3.05, 3.63) is 108 Å². The lowest BCUT2D eigenvalue weighted by molar-refractivity contribution is 0.328. The SMILES string of the molecule is CCC(C)(C)c1ccc(Oc2ccc(-n3c(=O)c4cc5c(=O)n(C(C)(C)CC)c(=O)c5cc4c3=O)cc2)cc1. The second-order valence-corrected chi connectivity index (χ2v) is 11.4. The number of fused-ring (bicyclic) bond motifs is 2. The molecule has 0 fully saturated rings. The Balaban J connectivity index is 1.51. The van der Waals surface area contributed by atoms with Gasteiger partial charge in [-0.15, -0.1) is 0 Å². The van der Waals surface area contributed by atoms with E-state index in [1.807, 2.05) is 32.9 Å². The highest BCUT2D eigenvalue weighted by Gasteiger charge is 2.27. The summed E-state index contributed by atoms with van der Waals surface area (Å²) in [5.74, 6) is 1.25. The number of benzene rings is 3. The average molecular weight is 525 g/mol. The van der Waals surface area contributed by atoms with Crippen LogP contribution in [0.15, 0.2) is 79.8 Å². The van der Waals surface area contributed by atoms with Crippen molar-refractivity contribution in [1.29, 1.82) is 0 Å². The van der Waals surface area contributed by atoms with Gasteiger partial charge < -0.3 is 4.74 Å². The first kappa shape index (κ1) is 26.4. The lowest BCUT2D eigenvalue weighted by Crippen LogP contribution is -2.40. The third-order valence-corrected chi connectivity index (χ3v) is 8.21. The Morgan fingerprint density at radius 2 is 1.05 bits per heavy atom. The van der Waals surface area contributed by atoms with Crippen molar-refractivity contribution < 1.29 is 4.74 Å². The minimum absolute atomic E-state index is 0.0821. The molecule has 5 rings (SSSR count). The predicted octanol–water partition coefficient (Wildman–Crippen LogP) is 5.53. The van der Waals surface area contributed by atoms with Gasteiger partial charge in [0.15, 0.2) is 0 Å². The van der Waals surface area contributed by atoms with Crippen LogP contribution in [0.3, 0.4) is 0 Å². The maximum atomic E-state index is 13.3. The maximum Gasteiger partial charge on any atom is 0.266 e. The normalized spacial score (nSPS) is 12.5. The van der Waals surface area contributed by atoms with Crippen LogP contribution in [0.25, 0.3) is 27.2 Å². The summed E-state index contributed by atoms with van der Waals surface area (Å²) in [6, 6.07) is 17.4. The molecule has 5 aromatic rings. The van der Waals surface area contributed by atoms with Crippen LogP contribution in [0.1, 0.15) is 59.9 Å². The third kappa shape index (κ3) is 4.22. The molecular weight excluding hydrogens is 492 g/mol. The zero-order chi connectivity index (χ0) is 28.3. The molecule has 0 bridgehead atoms. The Labute approximate surface area is 225 Å². The van der Waals surface area contributed by atoms with Crippen LogP contribution < -0.4 is 27.0 Å². The van der Waals surface area contributed by atoms with Gasteiger partial charge in [0.05, 0.1) is 27.2 Å². The number of aromatic nitrogens is 2. The number of hydrogen-bond donors (Lipinski definition) is 0. The van der Waals surface area contributed by atoms with Gasteiger partial charge in [-0.25, -0.2) is 4.57 Å². The van der Waals surface area contributed by atoms with E-state index >= 15 is 0 Å². The summed E-state index contributed by atoms with van der Waals surface area (Å²) >= 11 is 0. The van der Waals surface area contributed by atoms with Gasteiger partial charge in [-0.05, 0) is 86.2 Å². The zero-order valence-electron chi connectivity index (χ0n) is 23.1. The monoisotopic (exact) mass is 524 g/mol. The van der Waals surface area contributed by atoms with Crippen LogP contribution >= 0.6 is 0 Å². The third-order valence-electron chi connectivity index (χ3n) is 8.21. The van der Waals surface area contributed by atoms with E-state index in [2.05, 4.69) is 32.9 Å². The van der Waals surface area contributed by atoms with Crippen molar-refractivity contribution in [2.24, 2.45) is 0 Å². The highest BCUT2D eigenvalue weighted by atomic mass is 16.5. The topological polar surface area (TPSA) is 87.4 Å². The van der Waals surface area contributed by atoms with E-state index in [0.717, 1.165) is 11.0 Å². The van der Waals surface area contributed by atoms with Crippen molar-refractivity contribution in [2.75, 3.05) is 0 Å². The number of nitrogens with zero attached hydrogens (tertiary/aromatic N) is 2. The molecule has 0 amide bonds. The van der Waals surface area contributed by atoms with Gasteiger partial charge in [0, 0.05) is 5.54 Å². The standard InChI is InChI=1S/C32H32N2O5/c1-7-31(3,4)19-9-13-21(14-10-19)39-22-15-11-20(12-16-22)33-27(35)23-17-25-26(18-24(23)28(33)36)30(38)34(29(25)37)32(5,6)8-2/h9-18H,7-8H2,1-6H3. The molecule has 7 nitrogen and oxygen atoms in total. The molecule has 0 aliphatic rings. The summed E-state index contributed by atoms with van der Waals surface area (Å²) < 4.78 is 8.25. The molecule has 0 N–H and O–H groups in total. The quantitative estimate of drug-likeness (QED) is 0.280. The predicted molar refractivity (Wildman–Crippen MR) is 156 cm³/mol. The number of hydrogen-bond acceptors (Lipinski definition) is 5. The summed E-state index contributed by atoms with van der Waals surface area (Å²) in [6.07, 6.45) is 1.60. The Bertz CT molecular complexity index is 1840. The van der Waals surface area contributed by atoms with Gasteiger partial charge in [0.25, 0.3) is 22.2 Å². The molecule has 0 unspecified atom stereocenters. The van der Waals surface area contributed by atoms with E-state index < -0.39 is 27.8 Å². The largest absolute Gasteiger partial charge is 0.457 e. The second-order valence-electron chi connectivity index (χ2n) is 11.4. The molecule has 7 heteroatoms. The fraction of sp³-hybridized carbons (Fsp3) is 0.312. The van der Waals surface area contributed by atoms with Crippen LogP contribution in [-0.4, -0.2) is 9.13 Å². The first-order chi connectivity index (χ1) is 18.4. The summed E-state index contributed by atoms with van der Waals surface area (Å²) in [4.78, 5) is 52.8. The van der Waals surface area contributed by atoms with Crippen molar-refractivity contribution in [2.45, 2.75) is 65.3 Å². The number of ether oxygens (including phenoxy) is 1. The minimum Gasteiger partial charge on any atom is -0.457 e. The van der Waals surface area contributed by atoms with Crippen molar-refractivity contribution in [1.82, 2.24) is 9.13 Å². The lowest BCUT2D eigenvalue weighted by atomic mass is 9.82. The lowest BCUT2D eigenvalue weighted by Gasteiger charge is -2.23. The van der Waals surface area contributed by atoms with Gasteiger partial charge in [0.2, 0.25) is 0 Å². The van der Waals surface area contributed by atoms with Crippen LogP contribution in [0.2, 0.25) is 0 Å². The van der Waals surface area contributed by atoms with Gasteiger partial charge in [-0.2, -0.15) is 0 Å². The summed E-state index contributed by atoms with van der Waals surface area (Å²) in [5.41, 5.74) is -0.959. The Morgan fingerprint density at radius 3 is 1.49 bits per heavy atom. The highest BCUT2D eigenvalue weighted by Crippen LogP contribution is 2.30. The van der Waals surface area contributed by atoms with Crippen molar-refractivity contribution >= 4 is 21.5 Å². The molecule has 0 aliphatic carbocycles. The molecule has 0 spiro atoms. The maximum absolute atomic E-state index is 13.3. The molecular formula is C32H32N2O5. The Morgan fingerprint density at radius 1 is 0.615 bits per heavy atom. The summed E-state index contributed by atoms with van der Waals surface area (Å²) in [7, 11) is 0. The van der Waals surface area contributed by atoms with Crippen LogP contribution in [0.5, 0.6) is 11.5 Å². The average Bonchev–Trinajstić information content (AvgIpc) is 3.32. The second kappa shape index (κ2) is 9.19. The van der Waals surface area contributed by atoms with Crippen LogP contribution in [0, 0.1) is 0 Å². The zero-order valence-corrected chi connectivity index (χ0v) is 23.1. The Kier molecular flexibility index (Phi) is 6.21. The molecule has 200 valence electrons. The van der Waals surface area contributed by atoms with Crippen molar-refractivity contribution in [3.63, 3.8) is 0 Å². The molecule has 39 heavy (non-hydrogen) atoms. The van der Waals surface area contributed by atoms with Crippen LogP contribution in [0.4, 0.5) is 0 Å². The first-order valence-corrected chi connectivity index (χ1v) is 13.2. The van der Waals surface area contributed by atoms with E-state index in [0.29, 0.717) is 23.6 Å². The highest BCUT2D eigenvalue weighted by molar-refractivity contribution is 5.98. The molecule has 0 atom stereocenters. The molecule has 2 aromatic heterocycles. The van der Waals surface area contributed by atoms with Crippen LogP contribution in [-0.2, 0) is 11.0 Å². The molecule has 0 aliphatic heterocycles. The number of rotatable bonds is 7. The fourth-order valence-corrected chi connectivity index (χ4v) is 4.89. The first-order valence-electron chi connectivity index (χ1n) is 13.2. The molecule has 0 saturated carbocycles. The Hall–Kier alpha value is -4.26. The molecule has 0 radical (unpaired) electrons. The van der Waals surface area contributed by atoms with E-state index in [1.54, 1.807) is 24.3 Å². The van der Waals surface area contributed by atoms with E-state index in [1.165, 1.54) is 22.3 Å². The summed E-state index contributed by atoms with van der Waals surface area (Å²) in [5, 5.41) is 0.540. The van der Waals surface area contributed by atoms with Gasteiger partial charge in [-0.1, -0.05) is 39.8 Å². The van der Waals surface area contributed by atoms with Gasteiger partial charge in [-0.3, -0.25) is 23.7 Å². The van der Waals surface area contributed by atoms with Gasteiger partial charge in [0.1, 0.15) is 11.5 Å². The molecule has 3 aromatic carbocycles. The van der Waals surface area contributed by atoms with Crippen molar-refractivity contribution in [3.8, 4) is 17.2 Å². The van der Waals surface area contributed by atoms with E-state index in [4.69, 9.17) is 4.74 Å². The summed E-state index contributed by atoms with van der Waals surface area (Å²) in [6.45, 7) is 12.1. The molecule has 0 saturated heterocycles. The van der Waals surface area contributed by atoms with Gasteiger partial charge >= 0.3 is 0 Å². The molecule has 2 heterocycles. The fourth-order valence-electron chi connectivity index (χ4n) is 4.89.